The molecule has 0 bridgehead atoms. The van der Waals surface area contributed by atoms with Gasteiger partial charge < -0.3 is 25.0 Å². The number of fused-ring (bicyclic) bond motifs is 1. The molecule has 1 aromatic carbocycles. The Bertz CT molecular complexity index is 984. The third-order valence-corrected chi connectivity index (χ3v) is 4.85. The first-order chi connectivity index (χ1) is 12.6. The van der Waals surface area contributed by atoms with Crippen molar-refractivity contribution in [2.45, 2.75) is 12.5 Å². The van der Waals surface area contributed by atoms with Crippen LogP contribution in [0.3, 0.4) is 0 Å². The Hall–Kier alpha value is -3.29. The molecule has 26 heavy (non-hydrogen) atoms. The summed E-state index contributed by atoms with van der Waals surface area (Å²) in [4.78, 5) is 21.2. The van der Waals surface area contributed by atoms with E-state index in [4.69, 9.17) is 10.5 Å². The number of aromatic nitrogens is 3. The summed E-state index contributed by atoms with van der Waals surface area (Å²) in [7, 11) is 1.62. The van der Waals surface area contributed by atoms with Crippen LogP contribution in [0.1, 0.15) is 12.5 Å². The van der Waals surface area contributed by atoms with Crippen LogP contribution in [0.15, 0.2) is 36.8 Å². The number of methoxy groups -OCH3 is 1. The number of carboxylic acid groups (broad SMARTS) is 1. The summed E-state index contributed by atoms with van der Waals surface area (Å²) in [6.45, 7) is 0.940. The van der Waals surface area contributed by atoms with E-state index in [0.717, 1.165) is 28.7 Å². The molecule has 1 aliphatic rings. The summed E-state index contributed by atoms with van der Waals surface area (Å²) in [6.07, 6.45) is 3.26. The normalized spacial score (nSPS) is 17.0. The van der Waals surface area contributed by atoms with Gasteiger partial charge in [0.15, 0.2) is 0 Å². The number of nitrogens with two attached hydrogens (primary N) is 1. The maximum absolute atomic E-state index is 11.3. The van der Waals surface area contributed by atoms with E-state index in [1.807, 2.05) is 35.0 Å². The highest BCUT2D eigenvalue weighted by molar-refractivity contribution is 6.00. The molecule has 2 aromatic heterocycles. The molecule has 134 valence electrons. The summed E-state index contributed by atoms with van der Waals surface area (Å²) < 4.78 is 7.34. The van der Waals surface area contributed by atoms with Crippen molar-refractivity contribution >= 4 is 22.9 Å². The van der Waals surface area contributed by atoms with E-state index in [1.165, 1.54) is 11.2 Å². The maximum Gasteiger partial charge on any atom is 0.407 e. The van der Waals surface area contributed by atoms with Gasteiger partial charge in [0.25, 0.3) is 0 Å². The number of likely N-dealkylation sites (tertiary alicyclic amines) is 1. The van der Waals surface area contributed by atoms with E-state index < -0.39 is 6.09 Å². The van der Waals surface area contributed by atoms with Gasteiger partial charge in [-0.05, 0) is 24.1 Å². The number of benzene rings is 1. The minimum absolute atomic E-state index is 0.0160. The molecule has 1 unspecified atom stereocenters. The molecule has 8 nitrogen and oxygen atoms in total. The lowest BCUT2D eigenvalue weighted by Crippen LogP contribution is -2.27. The molecule has 1 fully saturated rings. The van der Waals surface area contributed by atoms with E-state index in [0.29, 0.717) is 24.6 Å². The van der Waals surface area contributed by atoms with Gasteiger partial charge in [-0.3, -0.25) is 0 Å². The number of nitrogens with zero attached hydrogens (tertiary/aromatic N) is 4. The Labute approximate surface area is 149 Å². The van der Waals surface area contributed by atoms with Crippen LogP contribution in [-0.2, 0) is 0 Å². The quantitative estimate of drug-likeness (QED) is 0.750. The fourth-order valence-corrected chi connectivity index (χ4v) is 3.54. The van der Waals surface area contributed by atoms with Crippen molar-refractivity contribution in [1.29, 1.82) is 0 Å². The van der Waals surface area contributed by atoms with Crippen LogP contribution in [0.5, 0.6) is 5.75 Å². The highest BCUT2D eigenvalue weighted by atomic mass is 16.5. The molecule has 0 spiro atoms. The molecule has 3 aromatic rings. The summed E-state index contributed by atoms with van der Waals surface area (Å²) in [6, 6.07) is 7.72. The van der Waals surface area contributed by atoms with Crippen molar-refractivity contribution in [2.75, 3.05) is 25.9 Å². The second-order valence-electron chi connectivity index (χ2n) is 6.31. The molecular formula is C18H19N5O3. The molecule has 0 radical (unpaired) electrons. The number of hydrogen-bond acceptors (Lipinski definition) is 5. The predicted octanol–water partition coefficient (Wildman–Crippen LogP) is 2.61. The van der Waals surface area contributed by atoms with Crippen LogP contribution in [0.2, 0.25) is 0 Å². The topological polar surface area (TPSA) is 106 Å². The van der Waals surface area contributed by atoms with Gasteiger partial charge >= 0.3 is 6.09 Å². The first-order valence-electron chi connectivity index (χ1n) is 8.31. The molecule has 1 saturated heterocycles. The molecule has 0 aliphatic carbocycles. The van der Waals surface area contributed by atoms with Gasteiger partial charge in [0, 0.05) is 24.8 Å². The SMILES string of the molecule is COc1cccc(-c2cn(C3CCN(C(=O)O)C3)c3ncnc(N)c23)c1. The number of hydrogen-bond donors (Lipinski definition) is 2. The van der Waals surface area contributed by atoms with E-state index in [9.17, 15) is 9.90 Å². The van der Waals surface area contributed by atoms with Gasteiger partial charge in [-0.15, -0.1) is 0 Å². The third-order valence-electron chi connectivity index (χ3n) is 4.85. The Morgan fingerprint density at radius 2 is 2.23 bits per heavy atom. The maximum atomic E-state index is 11.3. The van der Waals surface area contributed by atoms with Crippen LogP contribution in [0, 0.1) is 0 Å². The predicted molar refractivity (Wildman–Crippen MR) is 97.2 cm³/mol. The van der Waals surface area contributed by atoms with Gasteiger partial charge in [0.1, 0.15) is 23.5 Å². The average molecular weight is 353 g/mol. The van der Waals surface area contributed by atoms with Gasteiger partial charge in [-0.2, -0.15) is 0 Å². The molecule has 1 atom stereocenters. The lowest BCUT2D eigenvalue weighted by atomic mass is 10.1. The Morgan fingerprint density at radius 1 is 1.38 bits per heavy atom. The highest BCUT2D eigenvalue weighted by Crippen LogP contribution is 2.37. The number of carbonyl (C=O) groups is 1. The van der Waals surface area contributed by atoms with Crippen LogP contribution in [0.4, 0.5) is 10.6 Å². The molecule has 1 amide bonds. The lowest BCUT2D eigenvalue weighted by Gasteiger charge is -2.14. The number of rotatable bonds is 3. The molecule has 8 heteroatoms. The van der Waals surface area contributed by atoms with Gasteiger partial charge in [0.2, 0.25) is 0 Å². The summed E-state index contributed by atoms with van der Waals surface area (Å²) in [5.74, 6) is 1.15. The summed E-state index contributed by atoms with van der Waals surface area (Å²) in [5.41, 5.74) is 8.72. The fraction of sp³-hybridized carbons (Fsp3) is 0.278. The minimum atomic E-state index is -0.897. The molecule has 4 rings (SSSR count). The fourth-order valence-electron chi connectivity index (χ4n) is 3.54. The van der Waals surface area contributed by atoms with E-state index in [-0.39, 0.29) is 6.04 Å². The van der Waals surface area contributed by atoms with Crippen molar-refractivity contribution in [3.63, 3.8) is 0 Å². The van der Waals surface area contributed by atoms with E-state index >= 15 is 0 Å². The van der Waals surface area contributed by atoms with Crippen LogP contribution >= 0.6 is 0 Å². The zero-order chi connectivity index (χ0) is 18.3. The largest absolute Gasteiger partial charge is 0.497 e. The first-order valence-corrected chi connectivity index (χ1v) is 8.31. The van der Waals surface area contributed by atoms with Crippen molar-refractivity contribution in [2.24, 2.45) is 0 Å². The van der Waals surface area contributed by atoms with Crippen molar-refractivity contribution in [3.05, 3.63) is 36.8 Å². The minimum Gasteiger partial charge on any atom is -0.497 e. The van der Waals surface area contributed by atoms with Crippen molar-refractivity contribution < 1.29 is 14.6 Å². The second-order valence-corrected chi connectivity index (χ2v) is 6.31. The Kier molecular flexibility index (Phi) is 3.87. The average Bonchev–Trinajstić information content (AvgIpc) is 3.27. The smallest absolute Gasteiger partial charge is 0.407 e. The Balaban J connectivity index is 1.86. The summed E-state index contributed by atoms with van der Waals surface area (Å²) >= 11 is 0. The van der Waals surface area contributed by atoms with Crippen molar-refractivity contribution in [1.82, 2.24) is 19.4 Å². The molecule has 3 N–H and O–H groups in total. The van der Waals surface area contributed by atoms with Crippen LogP contribution < -0.4 is 10.5 Å². The number of amides is 1. The zero-order valence-electron chi connectivity index (χ0n) is 14.3. The van der Waals surface area contributed by atoms with Crippen molar-refractivity contribution in [3.8, 4) is 16.9 Å². The van der Waals surface area contributed by atoms with Crippen LogP contribution in [0.25, 0.3) is 22.2 Å². The number of nitrogen functional groups attached to an aromatic ring is 1. The zero-order valence-corrected chi connectivity index (χ0v) is 14.3. The molecule has 1 aliphatic heterocycles. The Morgan fingerprint density at radius 3 is 2.96 bits per heavy atom. The summed E-state index contributed by atoms with van der Waals surface area (Å²) in [5, 5.41) is 10.0. The first kappa shape index (κ1) is 16.2. The van der Waals surface area contributed by atoms with Gasteiger partial charge in [-0.25, -0.2) is 14.8 Å². The van der Waals surface area contributed by atoms with Gasteiger partial charge in [-0.1, -0.05) is 12.1 Å². The molecule has 3 heterocycles. The standard InChI is InChI=1S/C18H19N5O3/c1-26-13-4-2-3-11(7-13)14-9-23(12-5-6-22(8-12)18(24)25)17-15(14)16(19)20-10-21-17/h2-4,7,9-10,12H,5-6,8H2,1H3,(H,24,25)(H2,19,20,21). The number of anilines is 1. The molecule has 0 saturated carbocycles. The third kappa shape index (κ3) is 2.59. The van der Waals surface area contributed by atoms with Gasteiger partial charge in [0.05, 0.1) is 18.5 Å². The second kappa shape index (κ2) is 6.21. The van der Waals surface area contributed by atoms with E-state index in [2.05, 4.69) is 9.97 Å². The van der Waals surface area contributed by atoms with E-state index in [1.54, 1.807) is 7.11 Å². The lowest BCUT2D eigenvalue weighted by molar-refractivity contribution is 0.154. The number of ether oxygens (including phenoxy) is 1. The highest BCUT2D eigenvalue weighted by Gasteiger charge is 2.29. The van der Waals surface area contributed by atoms with Crippen LogP contribution in [-0.4, -0.2) is 50.8 Å². The monoisotopic (exact) mass is 353 g/mol. The molecular weight excluding hydrogens is 334 g/mol.